The number of Topliss-reactive ketones (excluding diaryl/α,β-unsaturated/α-hetero) is 1. The molecule has 1 aromatic heterocycles. The van der Waals surface area contributed by atoms with Gasteiger partial charge in [-0.2, -0.15) is 0 Å². The molecule has 1 aliphatic heterocycles. The molecule has 3 aromatic rings. The molecule has 6 aliphatic carbocycles. The lowest BCUT2D eigenvalue weighted by Crippen LogP contribution is -2.67. The third-order valence-electron chi connectivity index (χ3n) is 15.4. The van der Waals surface area contributed by atoms with E-state index in [9.17, 15) is 15.0 Å². The third kappa shape index (κ3) is 5.22. The van der Waals surface area contributed by atoms with Crippen molar-refractivity contribution in [1.82, 2.24) is 10.2 Å². The van der Waals surface area contributed by atoms with Gasteiger partial charge in [0.25, 0.3) is 0 Å². The first-order valence-corrected chi connectivity index (χ1v) is 20.8. The summed E-state index contributed by atoms with van der Waals surface area (Å²) in [5, 5.41) is 28.6. The van der Waals surface area contributed by atoms with Gasteiger partial charge in [-0.3, -0.25) is 4.79 Å². The Hall–Kier alpha value is -3.30. The van der Waals surface area contributed by atoms with E-state index >= 15 is 4.79 Å². The predicted octanol–water partition coefficient (Wildman–Crippen LogP) is 8.63. The normalized spacial score (nSPS) is 38.8. The van der Waals surface area contributed by atoms with Crippen LogP contribution in [0.15, 0.2) is 84.5 Å². The summed E-state index contributed by atoms with van der Waals surface area (Å²) in [4.78, 5) is 31.9. The van der Waals surface area contributed by atoms with Crippen LogP contribution in [-0.2, 0) is 4.74 Å². The Labute approximate surface area is 317 Å². The highest BCUT2D eigenvalue weighted by atomic mass is 32.1. The minimum absolute atomic E-state index is 0.0115. The summed E-state index contributed by atoms with van der Waals surface area (Å²) < 4.78 is 7.16. The number of hydrogen-bond acceptors (Lipinski definition) is 6. The highest BCUT2D eigenvalue weighted by Gasteiger charge is 2.74. The standard InChI is InChI=1S/C45H54N2O5S/c1-29(30-10-5-4-6-11-30)46-40(50)47(27-33-13-9-23-52-33)28-44(51)20-17-38-42(44,3)19-16-37-41(2)18-15-32(48)25-43(41)21-22-45(37,38)34(26-43)39(49)36-24-31-12-7-8-14-35(31)53-36/h4-8,10-12,14,21-22,24,26,29,32-33,37-38,48,51H,9,13,15-20,23,25,27-28H2,1-3H3,(H,46,50). The van der Waals surface area contributed by atoms with Crippen LogP contribution in [0.3, 0.4) is 0 Å². The van der Waals surface area contributed by atoms with Crippen molar-refractivity contribution in [3.05, 3.63) is 94.9 Å². The molecule has 280 valence electrons. The number of hydrogen-bond donors (Lipinski definition) is 3. The molecule has 4 fully saturated rings. The van der Waals surface area contributed by atoms with Gasteiger partial charge in [-0.1, -0.05) is 80.6 Å². The van der Waals surface area contributed by atoms with Crippen LogP contribution >= 0.6 is 11.3 Å². The molecule has 0 radical (unpaired) electrons. The van der Waals surface area contributed by atoms with Crippen molar-refractivity contribution in [2.75, 3.05) is 19.7 Å². The van der Waals surface area contributed by atoms with E-state index in [4.69, 9.17) is 4.74 Å². The zero-order chi connectivity index (χ0) is 36.8. The fraction of sp³-hybridized carbons (Fsp3) is 0.556. The van der Waals surface area contributed by atoms with Crippen LogP contribution in [0.1, 0.15) is 99.8 Å². The number of amides is 2. The Kier molecular flexibility index (Phi) is 8.43. The fourth-order valence-electron chi connectivity index (χ4n) is 12.5. The second-order valence-corrected chi connectivity index (χ2v) is 19.0. The average Bonchev–Trinajstić information content (AvgIpc) is 3.89. The Morgan fingerprint density at radius 2 is 1.70 bits per heavy atom. The largest absolute Gasteiger partial charge is 0.393 e. The summed E-state index contributed by atoms with van der Waals surface area (Å²) in [5.41, 5.74) is -0.833. The van der Waals surface area contributed by atoms with Gasteiger partial charge >= 0.3 is 6.03 Å². The van der Waals surface area contributed by atoms with Crippen LogP contribution in [0.2, 0.25) is 0 Å². The SMILES string of the molecule is CC(NC(=O)N(CC1CCCO1)CC1(O)CCC2C34C=CC5(C=C3C(=O)c3cc6ccccc6s3)CC(O)CCC5(C)C4CCC21C)c1ccccc1. The Bertz CT molecular complexity index is 1950. The molecule has 2 aromatic carbocycles. The van der Waals surface area contributed by atoms with Crippen molar-refractivity contribution < 1.29 is 24.5 Å². The van der Waals surface area contributed by atoms with E-state index in [0.717, 1.165) is 71.0 Å². The van der Waals surface area contributed by atoms with Crippen LogP contribution < -0.4 is 5.32 Å². The van der Waals surface area contributed by atoms with E-state index < -0.39 is 22.5 Å². The minimum atomic E-state index is -1.15. The molecule has 2 amide bonds. The van der Waals surface area contributed by atoms with Gasteiger partial charge in [-0.25, -0.2) is 4.79 Å². The Balaban J connectivity index is 1.09. The lowest BCUT2D eigenvalue weighted by atomic mass is 9.32. The minimum Gasteiger partial charge on any atom is -0.393 e. The molecule has 3 saturated carbocycles. The van der Waals surface area contributed by atoms with Crippen LogP contribution in [0, 0.1) is 33.5 Å². The Morgan fingerprint density at radius 3 is 2.47 bits per heavy atom. The van der Waals surface area contributed by atoms with Gasteiger partial charge in [0.05, 0.1) is 35.3 Å². The molecular formula is C45H54N2O5S. The lowest BCUT2D eigenvalue weighted by molar-refractivity contribution is -0.175. The topological polar surface area (TPSA) is 99.1 Å². The number of urea groups is 1. The second kappa shape index (κ2) is 12.6. The van der Waals surface area contributed by atoms with Crippen LogP contribution in [0.5, 0.6) is 0 Å². The molecule has 7 nitrogen and oxygen atoms in total. The zero-order valence-corrected chi connectivity index (χ0v) is 32.2. The number of allylic oxidation sites excluding steroid dienone is 4. The van der Waals surface area contributed by atoms with Gasteiger partial charge in [0, 0.05) is 39.7 Å². The average molecular weight is 735 g/mol. The monoisotopic (exact) mass is 734 g/mol. The quantitative estimate of drug-likeness (QED) is 0.159. The van der Waals surface area contributed by atoms with E-state index in [1.54, 1.807) is 11.3 Å². The summed E-state index contributed by atoms with van der Waals surface area (Å²) in [6, 6.07) is 19.9. The van der Waals surface area contributed by atoms with Gasteiger partial charge in [-0.05, 0) is 105 Å². The number of benzene rings is 2. The predicted molar refractivity (Wildman–Crippen MR) is 209 cm³/mol. The number of ketones is 1. The second-order valence-electron chi connectivity index (χ2n) is 17.9. The van der Waals surface area contributed by atoms with Crippen molar-refractivity contribution in [2.45, 2.75) is 102 Å². The van der Waals surface area contributed by atoms with Crippen molar-refractivity contribution in [2.24, 2.45) is 33.5 Å². The molecule has 7 aliphatic rings. The molecule has 8 heteroatoms. The maximum atomic E-state index is 15.1. The summed E-state index contributed by atoms with van der Waals surface area (Å²) >= 11 is 1.57. The van der Waals surface area contributed by atoms with E-state index in [-0.39, 0.29) is 53.2 Å². The molecule has 10 unspecified atom stereocenters. The van der Waals surface area contributed by atoms with Gasteiger partial charge < -0.3 is 25.2 Å². The first-order chi connectivity index (χ1) is 25.4. The molecule has 2 heterocycles. The van der Waals surface area contributed by atoms with E-state index in [1.807, 2.05) is 54.3 Å². The highest BCUT2D eigenvalue weighted by Crippen LogP contribution is 2.78. The van der Waals surface area contributed by atoms with E-state index in [1.165, 1.54) is 0 Å². The molecule has 10 atom stereocenters. The number of aliphatic hydroxyl groups is 2. The summed E-state index contributed by atoms with van der Waals surface area (Å²) in [5.74, 6) is 0.317. The van der Waals surface area contributed by atoms with E-state index in [0.29, 0.717) is 26.0 Å². The first kappa shape index (κ1) is 35.4. The number of rotatable bonds is 8. The zero-order valence-electron chi connectivity index (χ0n) is 31.4. The number of thiophene rings is 1. The molecule has 2 spiro atoms. The van der Waals surface area contributed by atoms with Crippen LogP contribution in [-0.4, -0.2) is 64.4 Å². The number of nitrogens with one attached hydrogen (secondary N) is 1. The maximum absolute atomic E-state index is 15.1. The van der Waals surface area contributed by atoms with Crippen LogP contribution in [0.25, 0.3) is 10.1 Å². The first-order valence-electron chi connectivity index (χ1n) is 20.0. The molecule has 53 heavy (non-hydrogen) atoms. The lowest BCUT2D eigenvalue weighted by Gasteiger charge is -2.71. The van der Waals surface area contributed by atoms with Crippen molar-refractivity contribution in [3.8, 4) is 0 Å². The number of carbonyl (C=O) groups excluding carboxylic acids is 2. The van der Waals surface area contributed by atoms with Gasteiger partial charge in [0.1, 0.15) is 0 Å². The van der Waals surface area contributed by atoms with Crippen molar-refractivity contribution >= 4 is 33.2 Å². The Morgan fingerprint density at radius 1 is 0.962 bits per heavy atom. The van der Waals surface area contributed by atoms with E-state index in [2.05, 4.69) is 55.6 Å². The van der Waals surface area contributed by atoms with Gasteiger partial charge in [0.2, 0.25) is 0 Å². The number of carbonyl (C=O) groups is 2. The summed E-state index contributed by atoms with van der Waals surface area (Å²) in [6.07, 6.45) is 13.8. The fourth-order valence-corrected chi connectivity index (χ4v) is 13.5. The molecule has 1 saturated heterocycles. The summed E-state index contributed by atoms with van der Waals surface area (Å²) in [6.45, 7) is 8.02. The highest BCUT2D eigenvalue weighted by molar-refractivity contribution is 7.21. The van der Waals surface area contributed by atoms with Gasteiger partial charge in [0.15, 0.2) is 5.78 Å². The number of nitrogens with zero attached hydrogens (tertiary/aromatic N) is 1. The van der Waals surface area contributed by atoms with Crippen molar-refractivity contribution in [1.29, 1.82) is 0 Å². The molecule has 3 N–H and O–H groups in total. The molecule has 10 rings (SSSR count). The number of aliphatic hydroxyl groups excluding tert-OH is 1. The van der Waals surface area contributed by atoms with Crippen LogP contribution in [0.4, 0.5) is 4.79 Å². The number of ether oxygens (including phenoxy) is 1. The molecule has 2 bridgehead atoms. The smallest absolute Gasteiger partial charge is 0.318 e. The number of fused-ring (bicyclic) bond motifs is 2. The maximum Gasteiger partial charge on any atom is 0.318 e. The third-order valence-corrected chi connectivity index (χ3v) is 16.5. The van der Waals surface area contributed by atoms with Gasteiger partial charge in [-0.15, -0.1) is 11.3 Å². The molecular weight excluding hydrogens is 681 g/mol. The summed E-state index contributed by atoms with van der Waals surface area (Å²) in [7, 11) is 0. The van der Waals surface area contributed by atoms with Crippen molar-refractivity contribution in [3.63, 3.8) is 0 Å².